The van der Waals surface area contributed by atoms with Gasteiger partial charge in [-0.05, 0) is 36.8 Å². The van der Waals surface area contributed by atoms with Crippen molar-refractivity contribution in [1.29, 1.82) is 0 Å². The molecular formula is C19H23NO3. The third-order valence-electron chi connectivity index (χ3n) is 4.03. The minimum absolute atomic E-state index is 0.226. The van der Waals surface area contributed by atoms with E-state index >= 15 is 0 Å². The van der Waals surface area contributed by atoms with Gasteiger partial charge in [0.25, 0.3) is 0 Å². The first-order valence-corrected chi connectivity index (χ1v) is 7.88. The van der Waals surface area contributed by atoms with Crippen molar-refractivity contribution in [3.05, 3.63) is 53.1 Å². The van der Waals surface area contributed by atoms with Crippen molar-refractivity contribution < 1.29 is 14.2 Å². The zero-order valence-electron chi connectivity index (χ0n) is 13.9. The van der Waals surface area contributed by atoms with Crippen LogP contribution in [0.3, 0.4) is 0 Å². The maximum atomic E-state index is 5.96. The Bertz CT molecular complexity index is 667. The average molecular weight is 313 g/mol. The molecule has 0 fully saturated rings. The van der Waals surface area contributed by atoms with Gasteiger partial charge in [-0.25, -0.2) is 0 Å². The summed E-state index contributed by atoms with van der Waals surface area (Å²) in [5.74, 6) is 1.88. The Labute approximate surface area is 137 Å². The van der Waals surface area contributed by atoms with E-state index < -0.39 is 0 Å². The highest BCUT2D eigenvalue weighted by molar-refractivity contribution is 5.52. The fourth-order valence-electron chi connectivity index (χ4n) is 2.91. The lowest BCUT2D eigenvalue weighted by atomic mass is 10.1. The van der Waals surface area contributed by atoms with Gasteiger partial charge in [-0.2, -0.15) is 0 Å². The lowest BCUT2D eigenvalue weighted by Gasteiger charge is -2.13. The van der Waals surface area contributed by atoms with E-state index in [1.807, 2.05) is 6.07 Å². The van der Waals surface area contributed by atoms with Crippen LogP contribution in [0.4, 0.5) is 5.69 Å². The highest BCUT2D eigenvalue weighted by Gasteiger charge is 2.23. The van der Waals surface area contributed by atoms with Gasteiger partial charge < -0.3 is 19.5 Å². The van der Waals surface area contributed by atoms with Crippen molar-refractivity contribution in [1.82, 2.24) is 0 Å². The molecule has 1 aliphatic rings. The van der Waals surface area contributed by atoms with Gasteiger partial charge in [0.15, 0.2) is 0 Å². The summed E-state index contributed by atoms with van der Waals surface area (Å²) in [5, 5.41) is 3.45. The molecule has 1 aliphatic heterocycles. The van der Waals surface area contributed by atoms with Gasteiger partial charge in [0, 0.05) is 36.9 Å². The highest BCUT2D eigenvalue weighted by Crippen LogP contribution is 2.36. The molecule has 2 aromatic rings. The van der Waals surface area contributed by atoms with Gasteiger partial charge in [0.2, 0.25) is 0 Å². The Morgan fingerprint density at radius 2 is 1.96 bits per heavy atom. The molecule has 0 aromatic heterocycles. The molecule has 0 spiro atoms. The predicted octanol–water partition coefficient (Wildman–Crippen LogP) is 3.78. The van der Waals surface area contributed by atoms with Crippen molar-refractivity contribution in [2.75, 3.05) is 19.5 Å². The van der Waals surface area contributed by atoms with Crippen LogP contribution in [0.2, 0.25) is 0 Å². The Morgan fingerprint density at radius 3 is 2.65 bits per heavy atom. The number of fused-ring (bicyclic) bond motifs is 1. The smallest absolute Gasteiger partial charge is 0.128 e. The van der Waals surface area contributed by atoms with E-state index in [9.17, 15) is 0 Å². The van der Waals surface area contributed by atoms with Crippen LogP contribution in [0.1, 0.15) is 23.6 Å². The summed E-state index contributed by atoms with van der Waals surface area (Å²) in [5.41, 5.74) is 4.60. The number of ether oxygens (including phenoxy) is 3. The van der Waals surface area contributed by atoms with Crippen molar-refractivity contribution >= 4 is 5.69 Å². The van der Waals surface area contributed by atoms with Crippen LogP contribution in [0.25, 0.3) is 0 Å². The molecule has 122 valence electrons. The summed E-state index contributed by atoms with van der Waals surface area (Å²) in [6, 6.07) is 12.4. The fraction of sp³-hybridized carbons (Fsp3) is 0.368. The number of hydrogen-bond donors (Lipinski definition) is 1. The zero-order valence-corrected chi connectivity index (χ0v) is 13.9. The summed E-state index contributed by atoms with van der Waals surface area (Å²) in [7, 11) is 3.41. The van der Waals surface area contributed by atoms with Crippen LogP contribution in [0.5, 0.6) is 11.5 Å². The van der Waals surface area contributed by atoms with Crippen LogP contribution in [-0.2, 0) is 24.3 Å². The molecule has 4 heteroatoms. The van der Waals surface area contributed by atoms with Crippen LogP contribution < -0.4 is 14.8 Å². The first kappa shape index (κ1) is 15.7. The first-order valence-electron chi connectivity index (χ1n) is 7.88. The molecule has 1 heterocycles. The first-order chi connectivity index (χ1) is 11.2. The third kappa shape index (κ3) is 3.59. The van der Waals surface area contributed by atoms with Gasteiger partial charge in [0.1, 0.15) is 17.6 Å². The normalized spacial score (nSPS) is 15.9. The number of anilines is 1. The zero-order chi connectivity index (χ0) is 16.2. The van der Waals surface area contributed by atoms with E-state index in [-0.39, 0.29) is 6.10 Å². The SMILES string of the molecule is COCc1ccc(NCc2cc(OC)cc3c2OC(C)C3)cc1. The molecule has 0 bridgehead atoms. The minimum atomic E-state index is 0.226. The lowest BCUT2D eigenvalue weighted by molar-refractivity contribution is 0.185. The molecular weight excluding hydrogens is 290 g/mol. The highest BCUT2D eigenvalue weighted by atomic mass is 16.5. The van der Waals surface area contributed by atoms with E-state index in [0.717, 1.165) is 34.7 Å². The standard InChI is InChI=1S/C19H23NO3/c1-13-8-15-9-18(22-3)10-16(19(15)23-13)11-20-17-6-4-14(5-7-17)12-21-2/h4-7,9-10,13,20H,8,11-12H2,1-3H3. The molecule has 23 heavy (non-hydrogen) atoms. The maximum Gasteiger partial charge on any atom is 0.128 e. The predicted molar refractivity (Wildman–Crippen MR) is 91.3 cm³/mol. The molecule has 1 atom stereocenters. The van der Waals surface area contributed by atoms with Crippen LogP contribution in [0.15, 0.2) is 36.4 Å². The Morgan fingerprint density at radius 1 is 1.17 bits per heavy atom. The third-order valence-corrected chi connectivity index (χ3v) is 4.03. The monoisotopic (exact) mass is 313 g/mol. The van der Waals surface area contributed by atoms with Gasteiger partial charge in [-0.1, -0.05) is 12.1 Å². The van der Waals surface area contributed by atoms with E-state index in [1.165, 1.54) is 5.56 Å². The van der Waals surface area contributed by atoms with Crippen molar-refractivity contribution in [2.45, 2.75) is 32.6 Å². The Hall–Kier alpha value is -2.20. The molecule has 0 saturated carbocycles. The number of nitrogens with one attached hydrogen (secondary N) is 1. The van der Waals surface area contributed by atoms with Crippen LogP contribution >= 0.6 is 0 Å². The van der Waals surface area contributed by atoms with Crippen molar-refractivity contribution in [3.8, 4) is 11.5 Å². The quantitative estimate of drug-likeness (QED) is 0.881. The second kappa shape index (κ2) is 6.92. The van der Waals surface area contributed by atoms with Crippen molar-refractivity contribution in [2.24, 2.45) is 0 Å². The average Bonchev–Trinajstić information content (AvgIpc) is 2.94. The van der Waals surface area contributed by atoms with E-state index in [1.54, 1.807) is 14.2 Å². The largest absolute Gasteiger partial charge is 0.497 e. The summed E-state index contributed by atoms with van der Waals surface area (Å²) in [4.78, 5) is 0. The summed E-state index contributed by atoms with van der Waals surface area (Å²) in [6.45, 7) is 3.43. The van der Waals surface area contributed by atoms with Crippen molar-refractivity contribution in [3.63, 3.8) is 0 Å². The van der Waals surface area contributed by atoms with Gasteiger partial charge >= 0.3 is 0 Å². The van der Waals surface area contributed by atoms with Gasteiger partial charge in [0.05, 0.1) is 13.7 Å². The second-order valence-corrected chi connectivity index (χ2v) is 5.89. The molecule has 3 rings (SSSR count). The Kier molecular flexibility index (Phi) is 4.72. The molecule has 1 unspecified atom stereocenters. The van der Waals surface area contributed by atoms with E-state index in [2.05, 4.69) is 42.6 Å². The number of methoxy groups -OCH3 is 2. The van der Waals surface area contributed by atoms with Gasteiger partial charge in [-0.3, -0.25) is 0 Å². The minimum Gasteiger partial charge on any atom is -0.497 e. The molecule has 0 saturated heterocycles. The molecule has 2 aromatic carbocycles. The maximum absolute atomic E-state index is 5.96. The molecule has 1 N–H and O–H groups in total. The second-order valence-electron chi connectivity index (χ2n) is 5.89. The van der Waals surface area contributed by atoms with E-state index in [0.29, 0.717) is 13.2 Å². The fourth-order valence-corrected chi connectivity index (χ4v) is 2.91. The van der Waals surface area contributed by atoms with Crippen LogP contribution in [0, 0.1) is 0 Å². The number of hydrogen-bond acceptors (Lipinski definition) is 4. The molecule has 0 amide bonds. The van der Waals surface area contributed by atoms with E-state index in [4.69, 9.17) is 14.2 Å². The van der Waals surface area contributed by atoms with Gasteiger partial charge in [-0.15, -0.1) is 0 Å². The lowest BCUT2D eigenvalue weighted by Crippen LogP contribution is -2.07. The molecule has 4 nitrogen and oxygen atoms in total. The Balaban J connectivity index is 1.74. The molecule has 0 aliphatic carbocycles. The summed E-state index contributed by atoms with van der Waals surface area (Å²) >= 11 is 0. The topological polar surface area (TPSA) is 39.7 Å². The molecule has 0 radical (unpaired) electrons. The summed E-state index contributed by atoms with van der Waals surface area (Å²) < 4.78 is 16.5. The number of rotatable bonds is 6. The van der Waals surface area contributed by atoms with Crippen LogP contribution in [-0.4, -0.2) is 20.3 Å². The number of benzene rings is 2. The summed E-state index contributed by atoms with van der Waals surface area (Å²) in [6.07, 6.45) is 1.16.